The van der Waals surface area contributed by atoms with E-state index in [0.29, 0.717) is 17.7 Å². The zero-order valence-corrected chi connectivity index (χ0v) is 19.8. The average molecular weight is 451 g/mol. The fourth-order valence-electron chi connectivity index (χ4n) is 6.34. The number of carbonyl (C=O) groups excluding carboxylic acids is 1. The molecule has 3 aromatic carbocycles. The molecule has 0 aromatic heterocycles. The lowest BCUT2D eigenvalue weighted by Crippen LogP contribution is -2.45. The average Bonchev–Trinajstić information content (AvgIpc) is 3.65. The molecule has 3 aliphatic rings. The topological polar surface area (TPSA) is 32.3 Å². The third kappa shape index (κ3) is 4.18. The molecule has 3 heteroatoms. The maximum absolute atomic E-state index is 14.2. The van der Waals surface area contributed by atoms with Crippen molar-refractivity contribution < 1.29 is 4.79 Å². The summed E-state index contributed by atoms with van der Waals surface area (Å²) in [7, 11) is 0. The summed E-state index contributed by atoms with van der Waals surface area (Å²) in [5.41, 5.74) is 5.55. The SMILES string of the molecule is O=C([C@@H]1CNC[C@H]1c1ccccc1C1CC1)N1CC[C@H](c2ccccc2)C[C@H]1c1ccccc1. The minimum atomic E-state index is 0.0133. The number of nitrogens with zero attached hydrogens (tertiary/aromatic N) is 1. The Morgan fingerprint density at radius 3 is 2.06 bits per heavy atom. The van der Waals surface area contributed by atoms with E-state index in [9.17, 15) is 4.79 Å². The Labute approximate surface area is 203 Å². The molecule has 174 valence electrons. The summed E-state index contributed by atoms with van der Waals surface area (Å²) in [5, 5.41) is 3.57. The normalized spacial score (nSPS) is 27.0. The molecule has 1 aliphatic carbocycles. The molecule has 34 heavy (non-hydrogen) atoms. The van der Waals surface area contributed by atoms with Gasteiger partial charge in [0.2, 0.25) is 5.91 Å². The second kappa shape index (κ2) is 9.38. The van der Waals surface area contributed by atoms with Crippen LogP contribution in [0.25, 0.3) is 0 Å². The number of piperidine rings is 1. The number of carbonyl (C=O) groups is 1. The van der Waals surface area contributed by atoms with Gasteiger partial charge in [0.15, 0.2) is 0 Å². The smallest absolute Gasteiger partial charge is 0.228 e. The number of amides is 1. The zero-order chi connectivity index (χ0) is 22.9. The Kier molecular flexibility index (Phi) is 5.97. The van der Waals surface area contributed by atoms with Gasteiger partial charge in [0.05, 0.1) is 12.0 Å². The van der Waals surface area contributed by atoms with E-state index in [1.807, 2.05) is 0 Å². The van der Waals surface area contributed by atoms with Crippen LogP contribution in [0.1, 0.15) is 71.7 Å². The van der Waals surface area contributed by atoms with Crippen LogP contribution >= 0.6 is 0 Å². The summed E-state index contributed by atoms with van der Waals surface area (Å²) >= 11 is 0. The van der Waals surface area contributed by atoms with Crippen LogP contribution in [-0.4, -0.2) is 30.4 Å². The molecule has 2 aliphatic heterocycles. The fraction of sp³-hybridized carbons (Fsp3) is 0.387. The molecular weight excluding hydrogens is 416 g/mol. The van der Waals surface area contributed by atoms with Gasteiger partial charge in [0.25, 0.3) is 0 Å². The number of rotatable bonds is 5. The van der Waals surface area contributed by atoms with Crippen molar-refractivity contribution in [1.29, 1.82) is 0 Å². The summed E-state index contributed by atoms with van der Waals surface area (Å²) in [6.45, 7) is 2.50. The predicted octanol–water partition coefficient (Wildman–Crippen LogP) is 6.01. The first-order valence-corrected chi connectivity index (χ1v) is 13.0. The van der Waals surface area contributed by atoms with Crippen LogP contribution in [0.3, 0.4) is 0 Å². The van der Waals surface area contributed by atoms with E-state index in [1.54, 1.807) is 0 Å². The summed E-state index contributed by atoms with van der Waals surface area (Å²) in [6.07, 6.45) is 4.60. The second-order valence-electron chi connectivity index (χ2n) is 10.4. The van der Waals surface area contributed by atoms with Crippen molar-refractivity contribution in [2.45, 2.75) is 49.5 Å². The van der Waals surface area contributed by atoms with E-state index >= 15 is 0 Å². The van der Waals surface area contributed by atoms with Crippen LogP contribution < -0.4 is 5.32 Å². The Morgan fingerprint density at radius 1 is 0.706 bits per heavy atom. The third-order valence-corrected chi connectivity index (χ3v) is 8.28. The van der Waals surface area contributed by atoms with Gasteiger partial charge in [-0.2, -0.15) is 0 Å². The van der Waals surface area contributed by atoms with Crippen LogP contribution in [0, 0.1) is 5.92 Å². The molecule has 2 heterocycles. The third-order valence-electron chi connectivity index (χ3n) is 8.28. The maximum Gasteiger partial charge on any atom is 0.228 e. The minimum absolute atomic E-state index is 0.0133. The van der Waals surface area contributed by atoms with Gasteiger partial charge < -0.3 is 10.2 Å². The minimum Gasteiger partial charge on any atom is -0.335 e. The fourth-order valence-corrected chi connectivity index (χ4v) is 6.34. The molecule has 4 atom stereocenters. The number of hydrogen-bond donors (Lipinski definition) is 1. The molecular formula is C31H34N2O. The highest BCUT2D eigenvalue weighted by molar-refractivity contribution is 5.81. The molecule has 3 nitrogen and oxygen atoms in total. The summed E-state index contributed by atoms with van der Waals surface area (Å²) < 4.78 is 0. The molecule has 1 saturated carbocycles. The molecule has 6 rings (SSSR count). The lowest BCUT2D eigenvalue weighted by molar-refractivity contribution is -0.139. The largest absolute Gasteiger partial charge is 0.335 e. The van der Waals surface area contributed by atoms with Gasteiger partial charge in [-0.15, -0.1) is 0 Å². The number of likely N-dealkylation sites (tertiary alicyclic amines) is 1. The predicted molar refractivity (Wildman–Crippen MR) is 137 cm³/mol. The van der Waals surface area contributed by atoms with E-state index in [4.69, 9.17) is 0 Å². The molecule has 0 radical (unpaired) electrons. The zero-order valence-electron chi connectivity index (χ0n) is 19.8. The molecule has 3 fully saturated rings. The van der Waals surface area contributed by atoms with Crippen molar-refractivity contribution in [2.24, 2.45) is 5.92 Å². The molecule has 0 unspecified atom stereocenters. The Bertz CT molecular complexity index is 1120. The van der Waals surface area contributed by atoms with Crippen LogP contribution in [0.2, 0.25) is 0 Å². The Hall–Kier alpha value is -2.91. The number of hydrogen-bond acceptors (Lipinski definition) is 2. The standard InChI is InChI=1S/C31H34N2O/c34-31(29-21-32-20-28(29)27-14-8-7-13-26(27)23-15-16-23)33-18-17-25(22-9-3-1-4-10-22)19-30(33)24-11-5-2-6-12-24/h1-14,23,25,28-30,32H,15-21H2/t25-,28-,29+,30-/m0/s1. The molecule has 0 spiro atoms. The maximum atomic E-state index is 14.2. The summed E-state index contributed by atoms with van der Waals surface area (Å²) in [4.78, 5) is 16.4. The Balaban J connectivity index is 1.29. The lowest BCUT2D eigenvalue weighted by atomic mass is 9.80. The van der Waals surface area contributed by atoms with Crippen LogP contribution in [0.4, 0.5) is 0 Å². The first-order chi connectivity index (χ1) is 16.8. The van der Waals surface area contributed by atoms with Crippen molar-refractivity contribution in [3.63, 3.8) is 0 Å². The van der Waals surface area contributed by atoms with Crippen molar-refractivity contribution in [1.82, 2.24) is 10.2 Å². The summed E-state index contributed by atoms with van der Waals surface area (Å²) in [5.74, 6) is 1.81. The number of benzene rings is 3. The number of nitrogens with one attached hydrogen (secondary N) is 1. The molecule has 1 N–H and O–H groups in total. The van der Waals surface area contributed by atoms with Gasteiger partial charge in [-0.05, 0) is 59.8 Å². The van der Waals surface area contributed by atoms with Gasteiger partial charge in [-0.25, -0.2) is 0 Å². The second-order valence-corrected chi connectivity index (χ2v) is 10.4. The van der Waals surface area contributed by atoms with E-state index in [0.717, 1.165) is 32.5 Å². The molecule has 1 amide bonds. The highest BCUT2D eigenvalue weighted by Crippen LogP contribution is 2.46. The van der Waals surface area contributed by atoms with E-state index in [-0.39, 0.29) is 17.9 Å². The van der Waals surface area contributed by atoms with E-state index in [1.165, 1.54) is 35.1 Å². The first kappa shape index (κ1) is 21.6. The highest BCUT2D eigenvalue weighted by atomic mass is 16.2. The van der Waals surface area contributed by atoms with Gasteiger partial charge in [-0.1, -0.05) is 84.9 Å². The van der Waals surface area contributed by atoms with Crippen molar-refractivity contribution in [2.75, 3.05) is 19.6 Å². The van der Waals surface area contributed by atoms with Crippen molar-refractivity contribution >= 4 is 5.91 Å². The van der Waals surface area contributed by atoms with Crippen molar-refractivity contribution in [3.05, 3.63) is 107 Å². The first-order valence-electron chi connectivity index (χ1n) is 13.0. The Morgan fingerprint density at radius 2 is 1.35 bits per heavy atom. The van der Waals surface area contributed by atoms with Crippen LogP contribution in [0.15, 0.2) is 84.9 Å². The highest BCUT2D eigenvalue weighted by Gasteiger charge is 2.42. The summed E-state index contributed by atoms with van der Waals surface area (Å²) in [6, 6.07) is 30.6. The van der Waals surface area contributed by atoms with Gasteiger partial charge in [0.1, 0.15) is 0 Å². The van der Waals surface area contributed by atoms with Crippen LogP contribution in [-0.2, 0) is 4.79 Å². The van der Waals surface area contributed by atoms with Crippen molar-refractivity contribution in [3.8, 4) is 0 Å². The quantitative estimate of drug-likeness (QED) is 0.516. The lowest BCUT2D eigenvalue weighted by Gasteiger charge is -2.42. The van der Waals surface area contributed by atoms with Gasteiger partial charge >= 0.3 is 0 Å². The van der Waals surface area contributed by atoms with E-state index < -0.39 is 0 Å². The molecule has 0 bridgehead atoms. The van der Waals surface area contributed by atoms with Gasteiger partial charge in [0, 0.05) is 25.6 Å². The van der Waals surface area contributed by atoms with E-state index in [2.05, 4.69) is 95.1 Å². The molecule has 3 aromatic rings. The molecule has 2 saturated heterocycles. The van der Waals surface area contributed by atoms with Crippen LogP contribution in [0.5, 0.6) is 0 Å². The monoisotopic (exact) mass is 450 g/mol. The van der Waals surface area contributed by atoms with Gasteiger partial charge in [-0.3, -0.25) is 4.79 Å².